The number of halogens is 1. The van der Waals surface area contributed by atoms with Crippen molar-refractivity contribution in [1.82, 2.24) is 0 Å². The van der Waals surface area contributed by atoms with Gasteiger partial charge in [0.05, 0.1) is 0 Å². The zero-order valence-electron chi connectivity index (χ0n) is 18.2. The minimum absolute atomic E-state index is 0.0333. The molecule has 5 heteroatoms. The lowest BCUT2D eigenvalue weighted by Gasteiger charge is -2.15. The molecule has 4 nitrogen and oxygen atoms in total. The second-order valence-corrected chi connectivity index (χ2v) is 9.03. The van der Waals surface area contributed by atoms with E-state index < -0.39 is 0 Å². The molecule has 0 fully saturated rings. The van der Waals surface area contributed by atoms with Crippen LogP contribution in [0.2, 0.25) is 0 Å². The summed E-state index contributed by atoms with van der Waals surface area (Å²) in [6.07, 6.45) is 0.511. The number of anilines is 2. The SMILES string of the molecule is Cc1cccc(COc2ccc(Br)cc2CNc2cccc(NC(=O)CC(C)C)c2)c1. The number of aryl methyl sites for hydroxylation is 1. The highest BCUT2D eigenvalue weighted by molar-refractivity contribution is 9.10. The van der Waals surface area contributed by atoms with Crippen LogP contribution < -0.4 is 15.4 Å². The maximum atomic E-state index is 12.1. The number of amides is 1. The maximum Gasteiger partial charge on any atom is 0.224 e. The molecule has 0 heterocycles. The molecule has 0 saturated heterocycles. The van der Waals surface area contributed by atoms with E-state index in [1.54, 1.807) is 0 Å². The lowest BCUT2D eigenvalue weighted by atomic mass is 10.1. The van der Waals surface area contributed by atoms with E-state index >= 15 is 0 Å². The fourth-order valence-electron chi connectivity index (χ4n) is 3.28. The first-order valence-electron chi connectivity index (χ1n) is 10.5. The van der Waals surface area contributed by atoms with Crippen LogP contribution in [0.15, 0.2) is 71.2 Å². The Bertz CT molecular complexity index is 1030. The lowest BCUT2D eigenvalue weighted by molar-refractivity contribution is -0.116. The molecule has 0 spiro atoms. The highest BCUT2D eigenvalue weighted by Gasteiger charge is 2.08. The summed E-state index contributed by atoms with van der Waals surface area (Å²) in [6, 6.07) is 22.1. The van der Waals surface area contributed by atoms with Gasteiger partial charge in [-0.25, -0.2) is 0 Å². The van der Waals surface area contributed by atoms with E-state index in [1.165, 1.54) is 5.56 Å². The van der Waals surface area contributed by atoms with Gasteiger partial charge in [0, 0.05) is 34.4 Å². The van der Waals surface area contributed by atoms with Crippen LogP contribution in [0.3, 0.4) is 0 Å². The van der Waals surface area contributed by atoms with Crippen molar-refractivity contribution in [3.05, 3.63) is 87.9 Å². The Morgan fingerprint density at radius 1 is 1.00 bits per heavy atom. The van der Waals surface area contributed by atoms with Gasteiger partial charge < -0.3 is 15.4 Å². The predicted molar refractivity (Wildman–Crippen MR) is 132 cm³/mol. The zero-order chi connectivity index (χ0) is 22.2. The fourth-order valence-corrected chi connectivity index (χ4v) is 3.69. The minimum Gasteiger partial charge on any atom is -0.489 e. The summed E-state index contributed by atoms with van der Waals surface area (Å²) in [5.41, 5.74) is 5.15. The molecule has 31 heavy (non-hydrogen) atoms. The number of rotatable bonds is 9. The molecule has 3 aromatic carbocycles. The first kappa shape index (κ1) is 22.9. The molecule has 0 radical (unpaired) electrons. The standard InChI is InChI=1S/C26H29BrN2O2/c1-18(2)12-26(30)29-24-9-5-8-23(15-24)28-16-21-14-22(27)10-11-25(21)31-17-20-7-4-6-19(3)13-20/h4-11,13-15,18,28H,12,16-17H2,1-3H3,(H,29,30). The van der Waals surface area contributed by atoms with Gasteiger partial charge in [-0.05, 0) is 54.8 Å². The Morgan fingerprint density at radius 2 is 1.77 bits per heavy atom. The van der Waals surface area contributed by atoms with E-state index in [-0.39, 0.29) is 5.91 Å². The maximum absolute atomic E-state index is 12.1. The van der Waals surface area contributed by atoms with Gasteiger partial charge in [0.25, 0.3) is 0 Å². The van der Waals surface area contributed by atoms with Crippen LogP contribution in [0, 0.1) is 12.8 Å². The summed E-state index contributed by atoms with van der Waals surface area (Å²) < 4.78 is 7.12. The van der Waals surface area contributed by atoms with Gasteiger partial charge in [0.15, 0.2) is 0 Å². The molecule has 1 amide bonds. The molecule has 0 aromatic heterocycles. The molecule has 0 atom stereocenters. The van der Waals surface area contributed by atoms with Gasteiger partial charge in [-0.15, -0.1) is 0 Å². The van der Waals surface area contributed by atoms with E-state index in [2.05, 4.69) is 57.8 Å². The molecule has 0 aliphatic carbocycles. The first-order valence-corrected chi connectivity index (χ1v) is 11.3. The molecule has 0 aliphatic heterocycles. The molecule has 0 aliphatic rings. The molecule has 0 saturated carbocycles. The number of hydrogen-bond donors (Lipinski definition) is 2. The molecule has 3 rings (SSSR count). The highest BCUT2D eigenvalue weighted by Crippen LogP contribution is 2.26. The average molecular weight is 481 g/mol. The van der Waals surface area contributed by atoms with Crippen LogP contribution in [0.1, 0.15) is 37.0 Å². The van der Waals surface area contributed by atoms with Gasteiger partial charge in [-0.1, -0.05) is 65.7 Å². The molecule has 162 valence electrons. The van der Waals surface area contributed by atoms with E-state index in [9.17, 15) is 4.79 Å². The van der Waals surface area contributed by atoms with E-state index in [0.29, 0.717) is 25.5 Å². The van der Waals surface area contributed by atoms with E-state index in [4.69, 9.17) is 4.74 Å². The van der Waals surface area contributed by atoms with E-state index in [0.717, 1.165) is 32.7 Å². The molecule has 2 N–H and O–H groups in total. The number of carbonyl (C=O) groups is 1. The van der Waals surface area contributed by atoms with Gasteiger partial charge >= 0.3 is 0 Å². The van der Waals surface area contributed by atoms with Crippen molar-refractivity contribution >= 4 is 33.2 Å². The number of nitrogens with one attached hydrogen (secondary N) is 2. The van der Waals surface area contributed by atoms with Crippen LogP contribution in [0.5, 0.6) is 5.75 Å². The van der Waals surface area contributed by atoms with Crippen molar-refractivity contribution < 1.29 is 9.53 Å². The molecular weight excluding hydrogens is 452 g/mol. The topological polar surface area (TPSA) is 50.4 Å². The lowest BCUT2D eigenvalue weighted by Crippen LogP contribution is -2.14. The third kappa shape index (κ3) is 7.44. The van der Waals surface area contributed by atoms with E-state index in [1.807, 2.05) is 56.3 Å². The van der Waals surface area contributed by atoms with Crippen molar-refractivity contribution in [3.8, 4) is 5.75 Å². The van der Waals surface area contributed by atoms with Crippen LogP contribution in [0.25, 0.3) is 0 Å². The Hall–Kier alpha value is -2.79. The van der Waals surface area contributed by atoms with Gasteiger partial charge in [-0.2, -0.15) is 0 Å². The number of benzene rings is 3. The second-order valence-electron chi connectivity index (χ2n) is 8.11. The smallest absolute Gasteiger partial charge is 0.224 e. The van der Waals surface area contributed by atoms with Crippen LogP contribution >= 0.6 is 15.9 Å². The average Bonchev–Trinajstić information content (AvgIpc) is 2.71. The van der Waals surface area contributed by atoms with Crippen molar-refractivity contribution in [2.45, 2.75) is 40.3 Å². The molecular formula is C26H29BrN2O2. The predicted octanol–water partition coefficient (Wildman–Crippen LogP) is 6.93. The largest absolute Gasteiger partial charge is 0.489 e. The molecule has 0 bridgehead atoms. The molecule has 0 unspecified atom stereocenters. The Balaban J connectivity index is 1.65. The Kier molecular flexibility index (Phi) is 8.13. The summed E-state index contributed by atoms with van der Waals surface area (Å²) in [5.74, 6) is 1.21. The number of hydrogen-bond acceptors (Lipinski definition) is 3. The summed E-state index contributed by atoms with van der Waals surface area (Å²) >= 11 is 3.56. The second kappa shape index (κ2) is 11.0. The van der Waals surface area contributed by atoms with Gasteiger partial charge in [-0.3, -0.25) is 4.79 Å². The normalized spacial score (nSPS) is 10.7. The van der Waals surface area contributed by atoms with Crippen molar-refractivity contribution in [2.24, 2.45) is 5.92 Å². The Labute approximate surface area is 193 Å². The zero-order valence-corrected chi connectivity index (χ0v) is 19.8. The number of carbonyl (C=O) groups excluding carboxylic acids is 1. The summed E-state index contributed by atoms with van der Waals surface area (Å²) in [5, 5.41) is 6.40. The van der Waals surface area contributed by atoms with Gasteiger partial charge in [0.1, 0.15) is 12.4 Å². The molecule has 3 aromatic rings. The van der Waals surface area contributed by atoms with Crippen molar-refractivity contribution in [2.75, 3.05) is 10.6 Å². The quantitative estimate of drug-likeness (QED) is 0.348. The summed E-state index contributed by atoms with van der Waals surface area (Å²) in [7, 11) is 0. The first-order chi connectivity index (χ1) is 14.9. The van der Waals surface area contributed by atoms with Crippen molar-refractivity contribution in [1.29, 1.82) is 0 Å². The summed E-state index contributed by atoms with van der Waals surface area (Å²) in [4.78, 5) is 12.1. The third-order valence-electron chi connectivity index (χ3n) is 4.72. The van der Waals surface area contributed by atoms with Crippen LogP contribution in [-0.2, 0) is 17.9 Å². The van der Waals surface area contributed by atoms with Crippen molar-refractivity contribution in [3.63, 3.8) is 0 Å². The fraction of sp³-hybridized carbons (Fsp3) is 0.269. The third-order valence-corrected chi connectivity index (χ3v) is 5.22. The van der Waals surface area contributed by atoms with Crippen LogP contribution in [-0.4, -0.2) is 5.91 Å². The highest BCUT2D eigenvalue weighted by atomic mass is 79.9. The monoisotopic (exact) mass is 480 g/mol. The summed E-state index contributed by atoms with van der Waals surface area (Å²) in [6.45, 7) is 7.28. The van der Waals surface area contributed by atoms with Gasteiger partial charge in [0.2, 0.25) is 5.91 Å². The Morgan fingerprint density at radius 3 is 2.55 bits per heavy atom. The number of ether oxygens (including phenoxy) is 1. The van der Waals surface area contributed by atoms with Crippen LogP contribution in [0.4, 0.5) is 11.4 Å². The minimum atomic E-state index is 0.0333.